The zero-order valence-corrected chi connectivity index (χ0v) is 8.86. The molecule has 1 aliphatic carbocycles. The molecule has 3 amide bonds. The van der Waals surface area contributed by atoms with Gasteiger partial charge in [-0.3, -0.25) is 14.5 Å². The highest BCUT2D eigenvalue weighted by Gasteiger charge is 2.44. The minimum absolute atomic E-state index is 0.0297. The van der Waals surface area contributed by atoms with E-state index in [0.717, 1.165) is 24.2 Å². The van der Waals surface area contributed by atoms with Gasteiger partial charge in [0.05, 0.1) is 13.0 Å². The van der Waals surface area contributed by atoms with Gasteiger partial charge in [0.25, 0.3) is 0 Å². The Kier molecular flexibility index (Phi) is 2.57. The number of hydrogen-bond donors (Lipinski definition) is 2. The van der Waals surface area contributed by atoms with Gasteiger partial charge in [-0.2, -0.15) is 0 Å². The third-order valence-electron chi connectivity index (χ3n) is 3.37. The Morgan fingerprint density at radius 1 is 1.44 bits per heavy atom. The Morgan fingerprint density at radius 2 is 2.12 bits per heavy atom. The molecule has 1 heterocycles. The van der Waals surface area contributed by atoms with Gasteiger partial charge < -0.3 is 10.4 Å². The van der Waals surface area contributed by atoms with Gasteiger partial charge in [-0.1, -0.05) is 6.42 Å². The molecule has 16 heavy (non-hydrogen) atoms. The smallest absolute Gasteiger partial charge is 0.324 e. The van der Waals surface area contributed by atoms with Crippen LogP contribution < -0.4 is 5.32 Å². The first-order valence-electron chi connectivity index (χ1n) is 5.32. The standard InChI is InChI=1S/C10H14N2O4/c13-7-5-11-9(16)12(7)6-10(2-1-3-10)4-8(14)15/h1-6H2,(H,11,16)(H,14,15). The Labute approximate surface area is 92.6 Å². The summed E-state index contributed by atoms with van der Waals surface area (Å²) in [6, 6.07) is -0.401. The number of hydrogen-bond acceptors (Lipinski definition) is 3. The van der Waals surface area contributed by atoms with E-state index in [1.807, 2.05) is 0 Å². The number of nitrogens with one attached hydrogen (secondary N) is 1. The highest BCUT2D eigenvalue weighted by atomic mass is 16.4. The van der Waals surface area contributed by atoms with Crippen molar-refractivity contribution in [3.63, 3.8) is 0 Å². The van der Waals surface area contributed by atoms with Crippen molar-refractivity contribution in [1.29, 1.82) is 0 Å². The molecule has 0 aromatic rings. The predicted molar refractivity (Wildman–Crippen MR) is 53.6 cm³/mol. The molecule has 0 spiro atoms. The lowest BCUT2D eigenvalue weighted by Gasteiger charge is -2.42. The predicted octanol–water partition coefficient (Wildman–Crippen LogP) is 0.183. The van der Waals surface area contributed by atoms with Crippen LogP contribution >= 0.6 is 0 Å². The zero-order valence-electron chi connectivity index (χ0n) is 8.86. The molecular formula is C10H14N2O4. The third-order valence-corrected chi connectivity index (χ3v) is 3.37. The Morgan fingerprint density at radius 3 is 2.50 bits per heavy atom. The van der Waals surface area contributed by atoms with E-state index < -0.39 is 12.0 Å². The largest absolute Gasteiger partial charge is 0.481 e. The number of carboxylic acid groups (broad SMARTS) is 1. The summed E-state index contributed by atoms with van der Waals surface area (Å²) in [6.07, 6.45) is 2.55. The summed E-state index contributed by atoms with van der Waals surface area (Å²) in [5, 5.41) is 11.2. The highest BCUT2D eigenvalue weighted by molar-refractivity contribution is 6.02. The molecule has 88 valence electrons. The van der Waals surface area contributed by atoms with Crippen LogP contribution in [0.1, 0.15) is 25.7 Å². The van der Waals surface area contributed by atoms with Crippen molar-refractivity contribution < 1.29 is 19.5 Å². The maximum absolute atomic E-state index is 11.4. The lowest BCUT2D eigenvalue weighted by Crippen LogP contribution is -2.46. The van der Waals surface area contributed by atoms with Crippen molar-refractivity contribution in [2.45, 2.75) is 25.7 Å². The molecule has 0 bridgehead atoms. The maximum Gasteiger partial charge on any atom is 0.324 e. The van der Waals surface area contributed by atoms with Crippen LogP contribution in [-0.4, -0.2) is 41.0 Å². The van der Waals surface area contributed by atoms with E-state index in [4.69, 9.17) is 5.11 Å². The van der Waals surface area contributed by atoms with Gasteiger partial charge in [-0.05, 0) is 18.3 Å². The van der Waals surface area contributed by atoms with E-state index in [9.17, 15) is 14.4 Å². The summed E-state index contributed by atoms with van der Waals surface area (Å²) in [6.45, 7) is 0.270. The van der Waals surface area contributed by atoms with E-state index in [1.54, 1.807) is 0 Å². The average Bonchev–Trinajstić information content (AvgIpc) is 2.44. The van der Waals surface area contributed by atoms with E-state index in [1.165, 1.54) is 0 Å². The molecule has 2 rings (SSSR count). The lowest BCUT2D eigenvalue weighted by molar-refractivity contribution is -0.143. The van der Waals surface area contributed by atoms with Crippen molar-refractivity contribution in [3.05, 3.63) is 0 Å². The van der Waals surface area contributed by atoms with Crippen LogP contribution in [0.2, 0.25) is 0 Å². The van der Waals surface area contributed by atoms with E-state index in [0.29, 0.717) is 0 Å². The molecule has 6 nitrogen and oxygen atoms in total. The first kappa shape index (κ1) is 10.9. The molecule has 2 fully saturated rings. The number of urea groups is 1. The Bertz CT molecular complexity index is 333. The fraction of sp³-hybridized carbons (Fsp3) is 0.700. The molecule has 2 aliphatic rings. The van der Waals surface area contributed by atoms with Gasteiger partial charge in [-0.15, -0.1) is 0 Å². The fourth-order valence-electron chi connectivity index (χ4n) is 2.34. The number of carboxylic acids is 1. The second-order valence-corrected chi connectivity index (χ2v) is 4.56. The van der Waals surface area contributed by atoms with Gasteiger partial charge in [0.15, 0.2) is 0 Å². The van der Waals surface area contributed by atoms with Crippen LogP contribution in [0.15, 0.2) is 0 Å². The molecular weight excluding hydrogens is 212 g/mol. The summed E-state index contributed by atoms with van der Waals surface area (Å²) < 4.78 is 0. The number of amides is 3. The highest BCUT2D eigenvalue weighted by Crippen LogP contribution is 2.44. The summed E-state index contributed by atoms with van der Waals surface area (Å²) in [5.41, 5.74) is -0.386. The molecule has 0 radical (unpaired) electrons. The third kappa shape index (κ3) is 1.87. The van der Waals surface area contributed by atoms with Gasteiger partial charge in [0.1, 0.15) is 0 Å². The van der Waals surface area contributed by atoms with Crippen molar-refractivity contribution >= 4 is 17.9 Å². The number of carbonyl (C=O) groups is 3. The molecule has 0 aromatic heterocycles. The molecule has 1 saturated carbocycles. The first-order valence-corrected chi connectivity index (χ1v) is 5.32. The Balaban J connectivity index is 2.03. The van der Waals surface area contributed by atoms with Crippen molar-refractivity contribution in [1.82, 2.24) is 10.2 Å². The topological polar surface area (TPSA) is 86.7 Å². The van der Waals surface area contributed by atoms with Crippen LogP contribution in [0.4, 0.5) is 4.79 Å². The molecule has 0 unspecified atom stereocenters. The number of nitrogens with zero attached hydrogens (tertiary/aromatic N) is 1. The first-order chi connectivity index (χ1) is 7.52. The zero-order chi connectivity index (χ0) is 11.8. The van der Waals surface area contributed by atoms with Crippen LogP contribution in [0.25, 0.3) is 0 Å². The van der Waals surface area contributed by atoms with Gasteiger partial charge in [0.2, 0.25) is 5.91 Å². The van der Waals surface area contributed by atoms with Crippen molar-refractivity contribution in [3.8, 4) is 0 Å². The number of aliphatic carboxylic acids is 1. The lowest BCUT2D eigenvalue weighted by atomic mass is 9.66. The molecule has 0 atom stereocenters. The Hall–Kier alpha value is -1.59. The van der Waals surface area contributed by atoms with Crippen LogP contribution in [0, 0.1) is 5.41 Å². The molecule has 2 N–H and O–H groups in total. The SMILES string of the molecule is O=C(O)CC1(CN2C(=O)CNC2=O)CCC1. The second kappa shape index (κ2) is 3.77. The summed E-state index contributed by atoms with van der Waals surface area (Å²) >= 11 is 0. The fourth-order valence-corrected chi connectivity index (χ4v) is 2.34. The van der Waals surface area contributed by atoms with E-state index >= 15 is 0 Å². The van der Waals surface area contributed by atoms with E-state index in [2.05, 4.69) is 5.32 Å². The number of rotatable bonds is 4. The van der Waals surface area contributed by atoms with Crippen LogP contribution in [-0.2, 0) is 9.59 Å². The van der Waals surface area contributed by atoms with Crippen LogP contribution in [0.5, 0.6) is 0 Å². The minimum Gasteiger partial charge on any atom is -0.481 e. The van der Waals surface area contributed by atoms with Gasteiger partial charge in [0, 0.05) is 6.54 Å². The van der Waals surface area contributed by atoms with E-state index in [-0.39, 0.29) is 30.8 Å². The van der Waals surface area contributed by atoms with Gasteiger partial charge >= 0.3 is 12.0 Å². The maximum atomic E-state index is 11.4. The normalized spacial score (nSPS) is 22.9. The number of imide groups is 1. The monoisotopic (exact) mass is 226 g/mol. The molecule has 1 saturated heterocycles. The van der Waals surface area contributed by atoms with Crippen molar-refractivity contribution in [2.75, 3.05) is 13.1 Å². The van der Waals surface area contributed by atoms with Crippen molar-refractivity contribution in [2.24, 2.45) is 5.41 Å². The molecule has 0 aromatic carbocycles. The molecule has 1 aliphatic heterocycles. The summed E-state index contributed by atoms with van der Waals surface area (Å²) in [4.78, 5) is 34.6. The minimum atomic E-state index is -0.869. The quantitative estimate of drug-likeness (QED) is 0.669. The molecule has 6 heteroatoms. The second-order valence-electron chi connectivity index (χ2n) is 4.56. The van der Waals surface area contributed by atoms with Gasteiger partial charge in [-0.25, -0.2) is 4.79 Å². The summed E-state index contributed by atoms with van der Waals surface area (Å²) in [5.74, 6) is -1.13. The number of carbonyl (C=O) groups excluding carboxylic acids is 2. The average molecular weight is 226 g/mol. The summed E-state index contributed by atoms with van der Waals surface area (Å²) in [7, 11) is 0. The van der Waals surface area contributed by atoms with Crippen LogP contribution in [0.3, 0.4) is 0 Å².